The van der Waals surface area contributed by atoms with Crippen molar-refractivity contribution < 1.29 is 9.47 Å². The van der Waals surface area contributed by atoms with Gasteiger partial charge in [-0.3, -0.25) is 0 Å². The summed E-state index contributed by atoms with van der Waals surface area (Å²) < 4.78 is 10.6. The lowest BCUT2D eigenvalue weighted by Crippen LogP contribution is -2.16. The highest BCUT2D eigenvalue weighted by atomic mass is 16.5. The number of nitrogens with one attached hydrogen (secondary N) is 1. The molecule has 1 heterocycles. The Hall–Kier alpha value is -1.56. The zero-order chi connectivity index (χ0) is 15.1. The minimum Gasteiger partial charge on any atom is -0.476 e. The summed E-state index contributed by atoms with van der Waals surface area (Å²) >= 11 is 0. The molecule has 0 spiro atoms. The molecule has 0 radical (unpaired) electrons. The van der Waals surface area contributed by atoms with E-state index in [-0.39, 0.29) is 0 Å². The van der Waals surface area contributed by atoms with Crippen LogP contribution in [0.25, 0.3) is 0 Å². The van der Waals surface area contributed by atoms with Crippen molar-refractivity contribution >= 4 is 11.5 Å². The molecule has 1 aliphatic rings. The molecule has 1 aromatic heterocycles. The average Bonchev–Trinajstić information content (AvgIpc) is 2.52. The predicted molar refractivity (Wildman–Crippen MR) is 83.8 cm³/mol. The highest BCUT2D eigenvalue weighted by Gasteiger charge is 2.21. The van der Waals surface area contributed by atoms with E-state index in [2.05, 4.69) is 15.3 Å². The maximum absolute atomic E-state index is 6.10. The van der Waals surface area contributed by atoms with Crippen molar-refractivity contribution in [3.63, 3.8) is 0 Å². The molecule has 0 saturated heterocycles. The molecule has 21 heavy (non-hydrogen) atoms. The highest BCUT2D eigenvalue weighted by Crippen LogP contribution is 2.34. The molecule has 6 heteroatoms. The second kappa shape index (κ2) is 8.02. The molecule has 3 N–H and O–H groups in total. The Morgan fingerprint density at radius 3 is 2.67 bits per heavy atom. The summed E-state index contributed by atoms with van der Waals surface area (Å²) in [6.07, 6.45) is 6.09. The molecule has 0 atom stereocenters. The average molecular weight is 294 g/mol. The fourth-order valence-corrected chi connectivity index (χ4v) is 2.66. The third-order valence-corrected chi connectivity index (χ3v) is 3.78. The Kier molecular flexibility index (Phi) is 6.04. The van der Waals surface area contributed by atoms with E-state index in [9.17, 15) is 0 Å². The van der Waals surface area contributed by atoms with E-state index in [1.807, 2.05) is 6.92 Å². The second-order valence-corrected chi connectivity index (χ2v) is 5.34. The summed E-state index contributed by atoms with van der Waals surface area (Å²) in [6, 6.07) is 0. The van der Waals surface area contributed by atoms with Crippen molar-refractivity contribution in [1.29, 1.82) is 0 Å². The molecular weight excluding hydrogens is 268 g/mol. The number of nitrogens with two attached hydrogens (primary N) is 1. The van der Waals surface area contributed by atoms with Gasteiger partial charge in [-0.1, -0.05) is 19.3 Å². The molecule has 118 valence electrons. The van der Waals surface area contributed by atoms with Gasteiger partial charge in [-0.05, 0) is 19.8 Å². The molecule has 2 rings (SSSR count). The molecule has 0 amide bonds. The van der Waals surface area contributed by atoms with Gasteiger partial charge in [0.2, 0.25) is 5.88 Å². The zero-order valence-electron chi connectivity index (χ0n) is 13.0. The van der Waals surface area contributed by atoms with Gasteiger partial charge in [0, 0.05) is 19.6 Å². The molecule has 0 bridgehead atoms. The summed E-state index contributed by atoms with van der Waals surface area (Å²) in [4.78, 5) is 9.17. The van der Waals surface area contributed by atoms with Crippen LogP contribution in [0.1, 0.15) is 50.8 Å². The molecule has 6 nitrogen and oxygen atoms in total. The van der Waals surface area contributed by atoms with Crippen molar-refractivity contribution in [2.75, 3.05) is 37.9 Å². The van der Waals surface area contributed by atoms with Gasteiger partial charge in [0.1, 0.15) is 11.5 Å². The van der Waals surface area contributed by atoms with E-state index in [4.69, 9.17) is 15.2 Å². The molecule has 1 fully saturated rings. The molecule has 1 aromatic rings. The van der Waals surface area contributed by atoms with Crippen LogP contribution in [0.2, 0.25) is 0 Å². The highest BCUT2D eigenvalue weighted by molar-refractivity contribution is 5.67. The topological polar surface area (TPSA) is 82.3 Å². The largest absolute Gasteiger partial charge is 0.476 e. The van der Waals surface area contributed by atoms with Crippen molar-refractivity contribution in [1.82, 2.24) is 9.97 Å². The first kappa shape index (κ1) is 15.8. The monoisotopic (exact) mass is 294 g/mol. The summed E-state index contributed by atoms with van der Waals surface area (Å²) in [5.74, 6) is 2.42. The van der Waals surface area contributed by atoms with Gasteiger partial charge in [0.25, 0.3) is 0 Å². The number of anilines is 2. The van der Waals surface area contributed by atoms with Gasteiger partial charge in [-0.25, -0.2) is 4.98 Å². The molecule has 0 aliphatic heterocycles. The zero-order valence-corrected chi connectivity index (χ0v) is 13.0. The number of hydrogen-bond donors (Lipinski definition) is 2. The van der Waals surface area contributed by atoms with E-state index >= 15 is 0 Å². The van der Waals surface area contributed by atoms with Crippen molar-refractivity contribution in [2.24, 2.45) is 0 Å². The number of rotatable bonds is 7. The van der Waals surface area contributed by atoms with Gasteiger partial charge in [0.15, 0.2) is 5.82 Å². The van der Waals surface area contributed by atoms with E-state index < -0.39 is 0 Å². The summed E-state index contributed by atoms with van der Waals surface area (Å²) in [7, 11) is 1.67. The van der Waals surface area contributed by atoms with Crippen LogP contribution >= 0.6 is 0 Å². The smallest absolute Gasteiger partial charge is 0.242 e. The van der Waals surface area contributed by atoms with E-state index in [0.717, 1.165) is 18.7 Å². The SMILES string of the molecule is CCOc1nc(C2CCCCC2)nc(NCCOC)c1N. The lowest BCUT2D eigenvalue weighted by molar-refractivity contribution is 0.210. The van der Waals surface area contributed by atoms with Crippen LogP contribution in [0, 0.1) is 0 Å². The number of hydrogen-bond acceptors (Lipinski definition) is 6. The first-order valence-electron chi connectivity index (χ1n) is 7.79. The first-order valence-corrected chi connectivity index (χ1v) is 7.79. The molecular formula is C15H26N4O2. The van der Waals surface area contributed by atoms with Crippen LogP contribution in [0.5, 0.6) is 5.88 Å². The normalized spacial score (nSPS) is 15.9. The quantitative estimate of drug-likeness (QED) is 0.752. The number of ether oxygens (including phenoxy) is 2. The van der Waals surface area contributed by atoms with Crippen LogP contribution in [0.4, 0.5) is 11.5 Å². The Morgan fingerprint density at radius 2 is 2.00 bits per heavy atom. The minimum atomic E-state index is 0.418. The van der Waals surface area contributed by atoms with Gasteiger partial charge < -0.3 is 20.5 Å². The van der Waals surface area contributed by atoms with Crippen molar-refractivity contribution in [2.45, 2.75) is 44.9 Å². The summed E-state index contributed by atoms with van der Waals surface area (Å²) in [6.45, 7) is 3.74. The maximum Gasteiger partial charge on any atom is 0.242 e. The minimum absolute atomic E-state index is 0.418. The molecule has 1 saturated carbocycles. The summed E-state index contributed by atoms with van der Waals surface area (Å²) in [5, 5.41) is 3.21. The standard InChI is InChI=1S/C15H26N4O2/c1-3-21-15-12(16)14(17-9-10-20-2)18-13(19-15)11-7-5-4-6-8-11/h11H,3-10,16H2,1-2H3,(H,17,18,19). The Labute approximate surface area is 126 Å². The van der Waals surface area contributed by atoms with Gasteiger partial charge in [-0.15, -0.1) is 0 Å². The first-order chi connectivity index (χ1) is 10.3. The van der Waals surface area contributed by atoms with Crippen LogP contribution in [0.3, 0.4) is 0 Å². The lowest BCUT2D eigenvalue weighted by Gasteiger charge is -2.22. The number of methoxy groups -OCH3 is 1. The van der Waals surface area contributed by atoms with Crippen molar-refractivity contribution in [3.8, 4) is 5.88 Å². The third-order valence-electron chi connectivity index (χ3n) is 3.78. The van der Waals surface area contributed by atoms with Crippen LogP contribution in [-0.2, 0) is 4.74 Å². The van der Waals surface area contributed by atoms with E-state index in [1.165, 1.54) is 19.3 Å². The number of nitrogens with zero attached hydrogens (tertiary/aromatic N) is 2. The van der Waals surface area contributed by atoms with E-state index in [1.54, 1.807) is 7.11 Å². The number of aromatic nitrogens is 2. The summed E-state index contributed by atoms with van der Waals surface area (Å²) in [5.41, 5.74) is 6.58. The lowest BCUT2D eigenvalue weighted by atomic mass is 9.88. The van der Waals surface area contributed by atoms with Gasteiger partial charge >= 0.3 is 0 Å². The fourth-order valence-electron chi connectivity index (χ4n) is 2.66. The molecule has 0 unspecified atom stereocenters. The predicted octanol–water partition coefficient (Wildman–Crippen LogP) is 2.56. The van der Waals surface area contributed by atoms with Crippen LogP contribution in [-0.4, -0.2) is 36.8 Å². The van der Waals surface area contributed by atoms with Crippen LogP contribution < -0.4 is 15.8 Å². The Balaban J connectivity index is 2.22. The third kappa shape index (κ3) is 4.20. The Bertz CT molecular complexity index is 448. The van der Waals surface area contributed by atoms with Crippen molar-refractivity contribution in [3.05, 3.63) is 5.82 Å². The molecule has 0 aromatic carbocycles. The van der Waals surface area contributed by atoms with Gasteiger partial charge in [-0.2, -0.15) is 4.98 Å². The van der Waals surface area contributed by atoms with Crippen LogP contribution in [0.15, 0.2) is 0 Å². The number of nitrogen functional groups attached to an aromatic ring is 1. The second-order valence-electron chi connectivity index (χ2n) is 5.34. The maximum atomic E-state index is 6.10. The molecule has 1 aliphatic carbocycles. The fraction of sp³-hybridized carbons (Fsp3) is 0.733. The Morgan fingerprint density at radius 1 is 1.24 bits per heavy atom. The van der Waals surface area contributed by atoms with E-state index in [0.29, 0.717) is 43.1 Å². The van der Waals surface area contributed by atoms with Gasteiger partial charge in [0.05, 0.1) is 13.2 Å².